The number of aromatic nitrogens is 3. The van der Waals surface area contributed by atoms with Crippen LogP contribution in [0.5, 0.6) is 5.75 Å². The van der Waals surface area contributed by atoms with Crippen LogP contribution in [-0.2, 0) is 16.1 Å². The molecule has 0 atom stereocenters. The average molecular weight is 408 g/mol. The van der Waals surface area contributed by atoms with E-state index >= 15 is 0 Å². The van der Waals surface area contributed by atoms with Crippen molar-refractivity contribution in [2.75, 3.05) is 17.2 Å². The van der Waals surface area contributed by atoms with Gasteiger partial charge in [-0.15, -0.1) is 0 Å². The molecule has 3 heterocycles. The van der Waals surface area contributed by atoms with Crippen LogP contribution in [0.2, 0.25) is 0 Å². The lowest BCUT2D eigenvalue weighted by Gasteiger charge is -2.18. The first-order valence-electron chi connectivity index (χ1n) is 9.51. The number of anilines is 2. The number of H-pyrrole nitrogens is 1. The largest absolute Gasteiger partial charge is 0.482 e. The smallest absolute Gasteiger partial charge is 0.272 e. The number of nitrogens with one attached hydrogen (secondary N) is 4. The molecule has 1 aromatic carbocycles. The van der Waals surface area contributed by atoms with Gasteiger partial charge in [-0.1, -0.05) is 13.0 Å². The van der Waals surface area contributed by atoms with E-state index in [1.54, 1.807) is 18.3 Å². The van der Waals surface area contributed by atoms with Crippen molar-refractivity contribution in [3.05, 3.63) is 42.0 Å². The Morgan fingerprint density at radius 1 is 1.27 bits per heavy atom. The number of hydrogen-bond donors (Lipinski definition) is 4. The van der Waals surface area contributed by atoms with Crippen molar-refractivity contribution in [1.29, 1.82) is 0 Å². The van der Waals surface area contributed by atoms with Gasteiger partial charge >= 0.3 is 0 Å². The molecule has 4 rings (SSSR count). The highest BCUT2D eigenvalue weighted by Gasteiger charge is 2.18. The number of hydrogen-bond acceptors (Lipinski definition) is 6. The third-order valence-electron chi connectivity index (χ3n) is 4.56. The van der Waals surface area contributed by atoms with Crippen LogP contribution in [0, 0.1) is 0 Å². The third kappa shape index (κ3) is 3.93. The van der Waals surface area contributed by atoms with Crippen LogP contribution < -0.4 is 20.7 Å². The van der Waals surface area contributed by atoms with Crippen molar-refractivity contribution < 1.29 is 19.1 Å². The lowest BCUT2D eigenvalue weighted by atomic mass is 10.1. The van der Waals surface area contributed by atoms with Crippen molar-refractivity contribution in [3.63, 3.8) is 0 Å². The van der Waals surface area contributed by atoms with Gasteiger partial charge in [0.15, 0.2) is 12.3 Å². The molecule has 3 aromatic rings. The van der Waals surface area contributed by atoms with Gasteiger partial charge in [0.05, 0.1) is 16.9 Å². The van der Waals surface area contributed by atoms with E-state index in [2.05, 4.69) is 30.9 Å². The Labute approximate surface area is 171 Å². The van der Waals surface area contributed by atoms with Gasteiger partial charge in [0, 0.05) is 19.2 Å². The zero-order valence-corrected chi connectivity index (χ0v) is 16.2. The molecule has 30 heavy (non-hydrogen) atoms. The van der Waals surface area contributed by atoms with Crippen LogP contribution in [0.3, 0.4) is 0 Å². The van der Waals surface area contributed by atoms with Crippen LogP contribution in [0.4, 0.5) is 11.4 Å². The summed E-state index contributed by atoms with van der Waals surface area (Å²) in [7, 11) is 0. The minimum atomic E-state index is -0.395. The third-order valence-corrected chi connectivity index (χ3v) is 4.56. The van der Waals surface area contributed by atoms with E-state index in [0.717, 1.165) is 12.0 Å². The molecule has 10 heteroatoms. The summed E-state index contributed by atoms with van der Waals surface area (Å²) in [4.78, 5) is 47.3. The fourth-order valence-electron chi connectivity index (χ4n) is 3.15. The number of carbonyl (C=O) groups is 3. The Morgan fingerprint density at radius 2 is 2.13 bits per heavy atom. The molecular weight excluding hydrogens is 388 g/mol. The fourth-order valence-corrected chi connectivity index (χ4v) is 3.15. The number of ether oxygens (including phenoxy) is 1. The molecule has 1 aliphatic heterocycles. The summed E-state index contributed by atoms with van der Waals surface area (Å²) in [6, 6.07) is 5.30. The summed E-state index contributed by atoms with van der Waals surface area (Å²) in [5.74, 6) is -0.146. The normalized spacial score (nSPS) is 12.6. The molecule has 1 aliphatic rings. The molecule has 0 unspecified atom stereocenters. The van der Waals surface area contributed by atoms with Gasteiger partial charge in [-0.25, -0.2) is 9.97 Å². The Balaban J connectivity index is 1.49. The van der Waals surface area contributed by atoms with E-state index in [9.17, 15) is 14.4 Å². The minimum absolute atomic E-state index is 0.0101. The number of nitrogens with zero attached hydrogens (tertiary/aromatic N) is 2. The first kappa shape index (κ1) is 19.4. The number of rotatable bonds is 6. The average Bonchev–Trinajstić information content (AvgIpc) is 3.14. The minimum Gasteiger partial charge on any atom is -0.482 e. The van der Waals surface area contributed by atoms with Crippen molar-refractivity contribution in [3.8, 4) is 5.75 Å². The van der Waals surface area contributed by atoms with E-state index < -0.39 is 5.91 Å². The topological polar surface area (TPSA) is 138 Å². The van der Waals surface area contributed by atoms with Gasteiger partial charge in [0.25, 0.3) is 11.8 Å². The molecule has 0 fully saturated rings. The predicted octanol–water partition coefficient (Wildman–Crippen LogP) is 1.96. The maximum atomic E-state index is 12.7. The van der Waals surface area contributed by atoms with Gasteiger partial charge in [-0.2, -0.15) is 0 Å². The Morgan fingerprint density at radius 3 is 2.97 bits per heavy atom. The van der Waals surface area contributed by atoms with E-state index in [4.69, 9.17) is 4.74 Å². The fraction of sp³-hybridized carbons (Fsp3) is 0.250. The molecule has 0 saturated heterocycles. The zero-order chi connectivity index (χ0) is 21.1. The number of benzene rings is 1. The Hall–Kier alpha value is -3.95. The molecule has 0 radical (unpaired) electrons. The van der Waals surface area contributed by atoms with E-state index in [1.807, 2.05) is 13.0 Å². The van der Waals surface area contributed by atoms with Crippen molar-refractivity contribution in [1.82, 2.24) is 20.3 Å². The summed E-state index contributed by atoms with van der Waals surface area (Å²) < 4.78 is 5.33. The molecule has 3 amide bonds. The van der Waals surface area contributed by atoms with Gasteiger partial charge in [0.1, 0.15) is 17.6 Å². The van der Waals surface area contributed by atoms with Crippen LogP contribution in [-0.4, -0.2) is 39.3 Å². The first-order chi connectivity index (χ1) is 14.5. The lowest BCUT2D eigenvalue weighted by molar-refractivity contribution is -0.118. The lowest BCUT2D eigenvalue weighted by Crippen LogP contribution is -2.26. The number of aromatic amines is 1. The van der Waals surface area contributed by atoms with Gasteiger partial charge in [-0.05, 0) is 24.1 Å². The molecule has 0 spiro atoms. The van der Waals surface area contributed by atoms with E-state index in [-0.39, 0.29) is 30.7 Å². The summed E-state index contributed by atoms with van der Waals surface area (Å²) >= 11 is 0. The summed E-state index contributed by atoms with van der Waals surface area (Å²) in [6.45, 7) is 2.14. The summed E-state index contributed by atoms with van der Waals surface area (Å²) in [5, 5.41) is 8.32. The molecule has 4 N–H and O–H groups in total. The van der Waals surface area contributed by atoms with Gasteiger partial charge < -0.3 is 25.7 Å². The van der Waals surface area contributed by atoms with Crippen LogP contribution in [0.25, 0.3) is 11.0 Å². The first-order valence-corrected chi connectivity index (χ1v) is 9.51. The second-order valence-corrected chi connectivity index (χ2v) is 6.80. The molecule has 0 saturated carbocycles. The van der Waals surface area contributed by atoms with Crippen LogP contribution >= 0.6 is 0 Å². The van der Waals surface area contributed by atoms with Crippen molar-refractivity contribution in [2.45, 2.75) is 26.3 Å². The molecule has 154 valence electrons. The number of carbonyl (C=O) groups excluding carboxylic acids is 3. The van der Waals surface area contributed by atoms with Crippen LogP contribution in [0.1, 0.15) is 35.8 Å². The SMILES string of the molecule is CCCC(=O)Nc1c[nH]c2c(C(=O)NCc3ccc4c(c3)NC(=O)CO4)ncnc12. The molecule has 10 nitrogen and oxygen atoms in total. The van der Waals surface area contributed by atoms with Crippen LogP contribution in [0.15, 0.2) is 30.7 Å². The number of amides is 3. The van der Waals surface area contributed by atoms with E-state index in [0.29, 0.717) is 34.6 Å². The van der Waals surface area contributed by atoms with Crippen molar-refractivity contribution in [2.24, 2.45) is 0 Å². The molecular formula is C20H20N6O4. The van der Waals surface area contributed by atoms with Gasteiger partial charge in [0.2, 0.25) is 5.91 Å². The highest BCUT2D eigenvalue weighted by molar-refractivity contribution is 6.07. The standard InChI is InChI=1S/C20H20N6O4/c1-2-3-15(27)26-13-8-21-18-17(13)23-10-24-19(18)20(29)22-7-11-4-5-14-12(6-11)25-16(28)9-30-14/h4-6,8,10,21H,2-3,7,9H2,1H3,(H,22,29)(H,25,28)(H,26,27). The highest BCUT2D eigenvalue weighted by Crippen LogP contribution is 2.28. The molecule has 2 aromatic heterocycles. The second kappa shape index (κ2) is 8.19. The van der Waals surface area contributed by atoms with Gasteiger partial charge in [-0.3, -0.25) is 14.4 Å². The summed E-state index contributed by atoms with van der Waals surface area (Å²) in [6.07, 6.45) is 4.01. The quantitative estimate of drug-likeness (QED) is 0.492. The Bertz CT molecular complexity index is 1140. The molecule has 0 bridgehead atoms. The number of fused-ring (bicyclic) bond motifs is 2. The Kier molecular flexibility index (Phi) is 5.29. The zero-order valence-electron chi connectivity index (χ0n) is 16.2. The predicted molar refractivity (Wildman–Crippen MR) is 109 cm³/mol. The highest BCUT2D eigenvalue weighted by atomic mass is 16.5. The monoisotopic (exact) mass is 408 g/mol. The maximum Gasteiger partial charge on any atom is 0.272 e. The second-order valence-electron chi connectivity index (χ2n) is 6.80. The van der Waals surface area contributed by atoms with Crippen molar-refractivity contribution >= 4 is 40.1 Å². The molecule has 0 aliphatic carbocycles. The summed E-state index contributed by atoms with van der Waals surface area (Å²) in [5.41, 5.74) is 2.94. The van der Waals surface area contributed by atoms with E-state index in [1.165, 1.54) is 6.33 Å². The maximum absolute atomic E-state index is 12.7.